The molecule has 4 amide bonds. The van der Waals surface area contributed by atoms with Crippen LogP contribution in [-0.2, 0) is 30.3 Å². The number of hydrogen-bond donors (Lipinski definition) is 4. The summed E-state index contributed by atoms with van der Waals surface area (Å²) >= 11 is 1.17. The summed E-state index contributed by atoms with van der Waals surface area (Å²) in [6.07, 6.45) is 1.86. The number of benzene rings is 1. The highest BCUT2D eigenvalue weighted by molar-refractivity contribution is 7.09. The zero-order chi connectivity index (χ0) is 40.2. The number of nitrogens with one attached hydrogen (secondary N) is 3. The highest BCUT2D eigenvalue weighted by Crippen LogP contribution is 2.32. The number of rotatable bonds is 18. The van der Waals surface area contributed by atoms with E-state index in [9.17, 15) is 24.0 Å². The minimum absolute atomic E-state index is 0.104. The monoisotopic (exact) mass is 743 g/mol. The maximum atomic E-state index is 14.3. The fourth-order valence-corrected chi connectivity index (χ4v) is 7.44. The normalized spacial score (nSPS) is 20.0. The molecular formula is C38H59N7O6S. The second-order valence-corrected chi connectivity index (χ2v) is 15.3. The van der Waals surface area contributed by atoms with E-state index in [0.29, 0.717) is 43.7 Å². The third-order valence-corrected chi connectivity index (χ3v) is 11.0. The van der Waals surface area contributed by atoms with Gasteiger partial charge in [-0.05, 0) is 63.6 Å². The van der Waals surface area contributed by atoms with E-state index in [1.165, 1.54) is 18.3 Å². The van der Waals surface area contributed by atoms with Crippen LogP contribution in [0.5, 0.6) is 0 Å². The Morgan fingerprint density at radius 3 is 2.42 bits per heavy atom. The minimum Gasteiger partial charge on any atom is -0.455 e. The number of carbonyl (C=O) groups is 5. The predicted molar refractivity (Wildman–Crippen MR) is 202 cm³/mol. The molecule has 1 fully saturated rings. The molecule has 0 bridgehead atoms. The molecule has 3 rings (SSSR count). The van der Waals surface area contributed by atoms with E-state index in [1.807, 2.05) is 58.0 Å². The van der Waals surface area contributed by atoms with Gasteiger partial charge in [-0.15, -0.1) is 11.3 Å². The van der Waals surface area contributed by atoms with Gasteiger partial charge in [-0.2, -0.15) is 0 Å². The molecular weight excluding hydrogens is 683 g/mol. The van der Waals surface area contributed by atoms with Crippen molar-refractivity contribution in [3.8, 4) is 0 Å². The topological polar surface area (TPSA) is 176 Å². The molecule has 2 aromatic rings. The fourth-order valence-electron chi connectivity index (χ4n) is 6.60. The number of hydrogen-bond acceptors (Lipinski definition) is 10. The van der Waals surface area contributed by atoms with Crippen LogP contribution in [-0.4, -0.2) is 88.7 Å². The smallest absolute Gasteiger partial charge is 0.303 e. The summed E-state index contributed by atoms with van der Waals surface area (Å²) in [5.41, 5.74) is 2.12. The van der Waals surface area contributed by atoms with E-state index in [2.05, 4.69) is 21.0 Å². The number of ether oxygens (including phenoxy) is 1. The Morgan fingerprint density at radius 2 is 1.83 bits per heavy atom. The van der Waals surface area contributed by atoms with Gasteiger partial charge in [0.1, 0.15) is 16.7 Å². The Balaban J connectivity index is 1.84. The van der Waals surface area contributed by atoms with Crippen LogP contribution in [0.1, 0.15) is 110 Å². The lowest BCUT2D eigenvalue weighted by Gasteiger charge is -2.38. The van der Waals surface area contributed by atoms with Crippen molar-refractivity contribution in [1.82, 2.24) is 30.8 Å². The first kappa shape index (κ1) is 39.3. The average molecular weight is 744 g/mol. The number of esters is 1. The van der Waals surface area contributed by atoms with Crippen LogP contribution in [0.3, 0.4) is 0 Å². The van der Waals surface area contributed by atoms with E-state index < -0.39 is 53.5 Å². The number of carbonyl (C=O) groups excluding carboxylic acids is 5. The van der Waals surface area contributed by atoms with Crippen LogP contribution in [0.4, 0.5) is 0 Å². The number of hydrazine groups is 1. The Labute approximate surface area is 315 Å². The molecule has 1 aromatic heterocycles. The van der Waals surface area contributed by atoms with E-state index in [-0.39, 0.29) is 49.7 Å². The average Bonchev–Trinajstić information content (AvgIpc) is 3.83. The molecule has 0 saturated carbocycles. The Hall–Kier alpha value is -3.88. The third kappa shape index (κ3) is 11.1. The molecule has 288 valence electrons. The van der Waals surface area contributed by atoms with Crippen LogP contribution in [0.25, 0.3) is 0 Å². The first-order chi connectivity index (χ1) is 25.6. The SMILES string of the molecule is [2H]CN1CCC[C@@]1(C[2H])C(=O)N[C@H](C(=O)N(C)[C@H](C[C@@H](OC(C)=O)c1nc(C(=O)N[C@@H](Cc2ccccc2)C[C@H](C)C(=O)NN)cs1)C(C)C)[C@@H](C)CC. The molecule has 1 aliphatic heterocycles. The number of amides is 4. The molecule has 1 aromatic carbocycles. The molecule has 1 saturated heterocycles. The van der Waals surface area contributed by atoms with Crippen molar-refractivity contribution in [2.24, 2.45) is 23.6 Å². The fraction of sp³-hybridized carbons (Fsp3) is 0.632. The summed E-state index contributed by atoms with van der Waals surface area (Å²) in [7, 11) is 1.56. The molecule has 5 N–H and O–H groups in total. The predicted octanol–water partition coefficient (Wildman–Crippen LogP) is 3.99. The summed E-state index contributed by atoms with van der Waals surface area (Å²) in [4.78, 5) is 74.2. The Morgan fingerprint density at radius 1 is 1.12 bits per heavy atom. The van der Waals surface area contributed by atoms with E-state index >= 15 is 0 Å². The minimum atomic E-state index is -1.15. The quantitative estimate of drug-likeness (QED) is 0.0762. The summed E-state index contributed by atoms with van der Waals surface area (Å²) in [6, 6.07) is 7.85. The molecule has 2 heterocycles. The Bertz CT molecular complexity index is 1570. The van der Waals surface area contributed by atoms with Crippen molar-refractivity contribution in [2.45, 2.75) is 117 Å². The molecule has 0 spiro atoms. The van der Waals surface area contributed by atoms with Crippen LogP contribution in [0, 0.1) is 17.8 Å². The summed E-state index contributed by atoms with van der Waals surface area (Å²) in [5.74, 6) is 2.50. The number of nitrogens with two attached hydrogens (primary N) is 1. The molecule has 7 atom stereocenters. The third-order valence-electron chi connectivity index (χ3n) is 10.1. The van der Waals surface area contributed by atoms with Crippen LogP contribution in [0.2, 0.25) is 0 Å². The number of thiazole rings is 1. The summed E-state index contributed by atoms with van der Waals surface area (Å²) < 4.78 is 21.9. The summed E-state index contributed by atoms with van der Waals surface area (Å²) in [5, 5.41) is 7.98. The number of likely N-dealkylation sites (tertiary alicyclic amines) is 1. The van der Waals surface area contributed by atoms with Crippen molar-refractivity contribution >= 4 is 40.9 Å². The van der Waals surface area contributed by atoms with Gasteiger partial charge in [0.2, 0.25) is 17.7 Å². The lowest BCUT2D eigenvalue weighted by atomic mass is 9.91. The van der Waals surface area contributed by atoms with Gasteiger partial charge in [0.25, 0.3) is 5.91 Å². The Kier molecular flexibility index (Phi) is 14.6. The highest BCUT2D eigenvalue weighted by atomic mass is 32.1. The lowest BCUT2D eigenvalue weighted by Crippen LogP contribution is -2.60. The van der Waals surface area contributed by atoms with Crippen LogP contribution < -0.4 is 21.9 Å². The molecule has 14 heteroatoms. The van der Waals surface area contributed by atoms with Gasteiger partial charge in [-0.25, -0.2) is 10.8 Å². The van der Waals surface area contributed by atoms with Crippen LogP contribution in [0.15, 0.2) is 35.7 Å². The van der Waals surface area contributed by atoms with Crippen molar-refractivity contribution < 1.29 is 31.5 Å². The van der Waals surface area contributed by atoms with Gasteiger partial charge in [0, 0.05) is 46.5 Å². The van der Waals surface area contributed by atoms with Crippen molar-refractivity contribution in [3.63, 3.8) is 0 Å². The number of likely N-dealkylation sites (N-methyl/N-ethyl adjacent to an activating group) is 2. The van der Waals surface area contributed by atoms with Crippen molar-refractivity contribution in [1.29, 1.82) is 0 Å². The van der Waals surface area contributed by atoms with E-state index in [1.54, 1.807) is 29.2 Å². The standard InChI is InChI=1S/C38H59N7O6S/c1-10-24(4)32(42-37(50)38(7)17-14-18-44(38)8)36(49)45(9)30(23(2)3)21-31(51-26(6)46)35-41-29(22-52-35)34(48)40-28(19-25(5)33(47)43-39)20-27-15-12-11-13-16-27/h11-13,15-16,22-25,28,30-32H,10,14,17-21,39H2,1-9H3,(H,40,48)(H,42,50)(H,43,47)/t24-,25-,28+,30+,31+,32-,38-/m0/s1/i7D,8D. The molecule has 52 heavy (non-hydrogen) atoms. The molecule has 1 aliphatic rings. The van der Waals surface area contributed by atoms with Gasteiger partial charge in [-0.1, -0.05) is 71.4 Å². The van der Waals surface area contributed by atoms with Crippen LogP contribution >= 0.6 is 11.3 Å². The second-order valence-electron chi connectivity index (χ2n) is 14.4. The van der Waals surface area contributed by atoms with Crippen molar-refractivity contribution in [3.05, 3.63) is 52.0 Å². The molecule has 0 radical (unpaired) electrons. The van der Waals surface area contributed by atoms with E-state index in [4.69, 9.17) is 13.3 Å². The van der Waals surface area contributed by atoms with Gasteiger partial charge >= 0.3 is 5.97 Å². The van der Waals surface area contributed by atoms with Gasteiger partial charge in [-0.3, -0.25) is 34.3 Å². The lowest BCUT2D eigenvalue weighted by molar-refractivity contribution is -0.149. The maximum absolute atomic E-state index is 14.3. The maximum Gasteiger partial charge on any atom is 0.303 e. The highest BCUT2D eigenvalue weighted by Gasteiger charge is 2.44. The first-order valence-corrected chi connectivity index (χ1v) is 18.9. The zero-order valence-electron chi connectivity index (χ0n) is 33.6. The van der Waals surface area contributed by atoms with Gasteiger partial charge < -0.3 is 20.3 Å². The van der Waals surface area contributed by atoms with Crippen molar-refractivity contribution in [2.75, 3.05) is 20.6 Å². The molecule has 0 aliphatic carbocycles. The second kappa shape index (κ2) is 19.3. The van der Waals surface area contributed by atoms with Gasteiger partial charge in [0.15, 0.2) is 6.10 Å². The van der Waals surface area contributed by atoms with Gasteiger partial charge in [0.05, 0.1) is 5.54 Å². The summed E-state index contributed by atoms with van der Waals surface area (Å²) in [6.45, 7) is 11.1. The molecule has 13 nitrogen and oxygen atoms in total. The number of nitrogens with zero attached hydrogens (tertiary/aromatic N) is 3. The molecule has 0 unspecified atom stereocenters. The zero-order valence-corrected chi connectivity index (χ0v) is 32.5. The number of aromatic nitrogens is 1. The first-order valence-electron chi connectivity index (χ1n) is 19.4. The largest absolute Gasteiger partial charge is 0.455 e. The van der Waals surface area contributed by atoms with E-state index in [0.717, 1.165) is 5.56 Å².